The van der Waals surface area contributed by atoms with Crippen molar-refractivity contribution >= 4 is 11.6 Å². The number of para-hydroxylation sites is 1. The molecule has 0 amide bonds. The molecule has 24 heavy (non-hydrogen) atoms. The molecule has 0 bridgehead atoms. The van der Waals surface area contributed by atoms with Crippen molar-refractivity contribution in [1.29, 1.82) is 0 Å². The van der Waals surface area contributed by atoms with Gasteiger partial charge in [0.1, 0.15) is 6.61 Å². The van der Waals surface area contributed by atoms with Crippen LogP contribution >= 0.6 is 0 Å². The summed E-state index contributed by atoms with van der Waals surface area (Å²) in [5.41, 5.74) is 0.954. The highest BCUT2D eigenvalue weighted by Gasteiger charge is 2.27. The number of benzene rings is 1. The maximum absolute atomic E-state index is 12.0. The molecule has 0 aliphatic carbocycles. The van der Waals surface area contributed by atoms with Crippen LogP contribution in [-0.2, 0) is 4.74 Å². The van der Waals surface area contributed by atoms with E-state index in [1.165, 1.54) is 6.42 Å². The molecule has 7 heteroatoms. The summed E-state index contributed by atoms with van der Waals surface area (Å²) in [6, 6.07) is 9.76. The molecule has 0 atom stereocenters. The molecular formula is C17H24F3N3O. The van der Waals surface area contributed by atoms with Crippen LogP contribution in [0, 0.1) is 0 Å². The zero-order chi connectivity index (χ0) is 17.3. The molecule has 1 aliphatic heterocycles. The highest BCUT2D eigenvalue weighted by Crippen LogP contribution is 2.15. The van der Waals surface area contributed by atoms with Gasteiger partial charge in [0.25, 0.3) is 0 Å². The molecule has 1 aromatic rings. The van der Waals surface area contributed by atoms with Crippen LogP contribution < -0.4 is 5.32 Å². The molecule has 1 N–H and O–H groups in total. The lowest BCUT2D eigenvalue weighted by Crippen LogP contribution is -2.40. The van der Waals surface area contributed by atoms with Crippen LogP contribution in [0.2, 0.25) is 0 Å². The van der Waals surface area contributed by atoms with Crippen molar-refractivity contribution < 1.29 is 17.9 Å². The van der Waals surface area contributed by atoms with Gasteiger partial charge in [0.05, 0.1) is 0 Å². The lowest BCUT2D eigenvalue weighted by Gasteiger charge is -2.30. The molecule has 1 aliphatic rings. The molecule has 0 unspecified atom stereocenters. The van der Waals surface area contributed by atoms with Crippen molar-refractivity contribution in [2.24, 2.45) is 4.99 Å². The van der Waals surface area contributed by atoms with E-state index in [-0.39, 0.29) is 6.61 Å². The van der Waals surface area contributed by atoms with Gasteiger partial charge in [-0.05, 0) is 37.8 Å². The molecule has 0 saturated carbocycles. The summed E-state index contributed by atoms with van der Waals surface area (Å²) in [7, 11) is 0. The first-order valence-corrected chi connectivity index (χ1v) is 8.30. The number of halogens is 3. The molecule has 0 radical (unpaired) electrons. The van der Waals surface area contributed by atoms with E-state index in [0.29, 0.717) is 13.0 Å². The zero-order valence-corrected chi connectivity index (χ0v) is 13.7. The first kappa shape index (κ1) is 18.6. The van der Waals surface area contributed by atoms with Crippen LogP contribution in [0.25, 0.3) is 0 Å². The van der Waals surface area contributed by atoms with E-state index in [0.717, 1.165) is 37.6 Å². The normalized spacial score (nSPS) is 16.3. The van der Waals surface area contributed by atoms with Crippen LogP contribution in [0.5, 0.6) is 0 Å². The second kappa shape index (κ2) is 9.52. The Bertz CT molecular complexity index is 500. The summed E-state index contributed by atoms with van der Waals surface area (Å²) in [6.07, 6.45) is -0.324. The molecular weight excluding hydrogens is 319 g/mol. The van der Waals surface area contributed by atoms with Crippen molar-refractivity contribution in [2.45, 2.75) is 31.9 Å². The predicted molar refractivity (Wildman–Crippen MR) is 89.3 cm³/mol. The minimum atomic E-state index is -4.27. The van der Waals surface area contributed by atoms with Crippen molar-refractivity contribution in [3.63, 3.8) is 0 Å². The smallest absolute Gasteiger partial charge is 0.372 e. The van der Waals surface area contributed by atoms with E-state index in [1.807, 2.05) is 30.3 Å². The minimum absolute atomic E-state index is 0.0572. The number of guanidine groups is 1. The van der Waals surface area contributed by atoms with E-state index >= 15 is 0 Å². The van der Waals surface area contributed by atoms with Crippen LogP contribution in [0.15, 0.2) is 35.3 Å². The van der Waals surface area contributed by atoms with Gasteiger partial charge in [-0.15, -0.1) is 0 Å². The van der Waals surface area contributed by atoms with Crippen LogP contribution in [0.1, 0.15) is 25.7 Å². The molecule has 1 heterocycles. The molecule has 1 saturated heterocycles. The van der Waals surface area contributed by atoms with E-state index in [4.69, 9.17) is 0 Å². The SMILES string of the molecule is FC(F)(F)COCCCN=C(Nc1ccccc1)N1CCCCC1. The fourth-order valence-corrected chi connectivity index (χ4v) is 2.51. The highest BCUT2D eigenvalue weighted by molar-refractivity contribution is 5.93. The lowest BCUT2D eigenvalue weighted by molar-refractivity contribution is -0.173. The van der Waals surface area contributed by atoms with E-state index in [1.54, 1.807) is 0 Å². The van der Waals surface area contributed by atoms with Gasteiger partial charge < -0.3 is 15.0 Å². The second-order valence-electron chi connectivity index (χ2n) is 5.77. The van der Waals surface area contributed by atoms with Crippen molar-refractivity contribution in [2.75, 3.05) is 38.2 Å². The molecule has 1 aromatic carbocycles. The second-order valence-corrected chi connectivity index (χ2v) is 5.77. The molecule has 134 valence electrons. The number of nitrogens with one attached hydrogen (secondary N) is 1. The van der Waals surface area contributed by atoms with E-state index in [2.05, 4.69) is 19.9 Å². The van der Waals surface area contributed by atoms with Crippen molar-refractivity contribution in [3.05, 3.63) is 30.3 Å². The van der Waals surface area contributed by atoms with Crippen molar-refractivity contribution in [3.8, 4) is 0 Å². The number of piperidine rings is 1. The standard InChI is InChI=1S/C17H24F3N3O/c18-17(19,20)14-24-13-7-10-21-16(23-11-5-2-6-12-23)22-15-8-3-1-4-9-15/h1,3-4,8-9H,2,5-7,10-14H2,(H,21,22). The van der Waals surface area contributed by atoms with Crippen molar-refractivity contribution in [1.82, 2.24) is 4.90 Å². The average Bonchev–Trinajstić information content (AvgIpc) is 2.57. The van der Waals surface area contributed by atoms with Crippen LogP contribution in [0.3, 0.4) is 0 Å². The summed E-state index contributed by atoms with van der Waals surface area (Å²) >= 11 is 0. The summed E-state index contributed by atoms with van der Waals surface area (Å²) in [4.78, 5) is 6.75. The topological polar surface area (TPSA) is 36.9 Å². The first-order valence-electron chi connectivity index (χ1n) is 8.30. The Morgan fingerprint density at radius 3 is 2.50 bits per heavy atom. The first-order chi connectivity index (χ1) is 11.5. The Balaban J connectivity index is 1.85. The Morgan fingerprint density at radius 2 is 1.83 bits per heavy atom. The third-order valence-electron chi connectivity index (χ3n) is 3.66. The summed E-state index contributed by atoms with van der Waals surface area (Å²) in [5, 5.41) is 3.32. The maximum Gasteiger partial charge on any atom is 0.411 e. The molecule has 2 rings (SSSR count). The number of hydrogen-bond donors (Lipinski definition) is 1. The number of aliphatic imine (C=N–C) groups is 1. The third-order valence-corrected chi connectivity index (χ3v) is 3.66. The third kappa shape index (κ3) is 7.21. The fraction of sp³-hybridized carbons (Fsp3) is 0.588. The summed E-state index contributed by atoms with van der Waals surface area (Å²) < 4.78 is 40.6. The minimum Gasteiger partial charge on any atom is -0.372 e. The monoisotopic (exact) mass is 343 g/mol. The highest BCUT2D eigenvalue weighted by atomic mass is 19.4. The summed E-state index contributed by atoms with van der Waals surface area (Å²) in [5.74, 6) is 0.789. The average molecular weight is 343 g/mol. The number of ether oxygens (including phenoxy) is 1. The van der Waals surface area contributed by atoms with Gasteiger partial charge in [0.2, 0.25) is 0 Å². The van der Waals surface area contributed by atoms with Crippen LogP contribution in [-0.4, -0.2) is 49.9 Å². The number of rotatable bonds is 6. The predicted octanol–water partition coefficient (Wildman–Crippen LogP) is 3.91. The molecule has 1 fully saturated rings. The quantitative estimate of drug-likeness (QED) is 0.483. The fourth-order valence-electron chi connectivity index (χ4n) is 2.51. The number of anilines is 1. The largest absolute Gasteiger partial charge is 0.411 e. The Kier molecular flexibility index (Phi) is 7.36. The summed E-state index contributed by atoms with van der Waals surface area (Å²) in [6.45, 7) is 1.19. The number of alkyl halides is 3. The van der Waals surface area contributed by atoms with Gasteiger partial charge in [-0.25, -0.2) is 0 Å². The Hall–Kier alpha value is -1.76. The number of nitrogens with zero attached hydrogens (tertiary/aromatic N) is 2. The van der Waals surface area contributed by atoms with Gasteiger partial charge in [0, 0.05) is 31.9 Å². The van der Waals surface area contributed by atoms with Gasteiger partial charge in [-0.3, -0.25) is 4.99 Å². The van der Waals surface area contributed by atoms with E-state index < -0.39 is 12.8 Å². The van der Waals surface area contributed by atoms with Gasteiger partial charge in [-0.2, -0.15) is 13.2 Å². The van der Waals surface area contributed by atoms with E-state index in [9.17, 15) is 13.2 Å². The Labute approximate surface area is 140 Å². The molecule has 0 spiro atoms. The number of hydrogen-bond acceptors (Lipinski definition) is 2. The van der Waals surface area contributed by atoms with Gasteiger partial charge in [0.15, 0.2) is 5.96 Å². The van der Waals surface area contributed by atoms with Crippen LogP contribution in [0.4, 0.5) is 18.9 Å². The van der Waals surface area contributed by atoms with Gasteiger partial charge in [-0.1, -0.05) is 18.2 Å². The lowest BCUT2D eigenvalue weighted by atomic mass is 10.1. The number of likely N-dealkylation sites (tertiary alicyclic amines) is 1. The van der Waals surface area contributed by atoms with Gasteiger partial charge >= 0.3 is 6.18 Å². The zero-order valence-electron chi connectivity index (χ0n) is 13.7. The molecule has 4 nitrogen and oxygen atoms in total. The molecule has 0 aromatic heterocycles. The maximum atomic E-state index is 12.0. The Morgan fingerprint density at radius 1 is 1.12 bits per heavy atom.